The number of benzene rings is 1. The Morgan fingerprint density at radius 1 is 1.07 bits per heavy atom. The minimum absolute atomic E-state index is 0.0365. The molecule has 27 heavy (non-hydrogen) atoms. The van der Waals surface area contributed by atoms with Gasteiger partial charge in [-0.25, -0.2) is 14.5 Å². The number of anilines is 1. The summed E-state index contributed by atoms with van der Waals surface area (Å²) in [5.41, 5.74) is 5.07. The lowest BCUT2D eigenvalue weighted by molar-refractivity contribution is -0.149. The molecule has 11 heteroatoms. The molecule has 0 aromatic heterocycles. The molecule has 1 aliphatic heterocycles. The molecular weight excluding hydrogens is 362 g/mol. The Morgan fingerprint density at radius 3 is 2.19 bits per heavy atom. The summed E-state index contributed by atoms with van der Waals surface area (Å²) in [6.45, 7) is 0. The molecule has 0 aliphatic carbocycles. The van der Waals surface area contributed by atoms with Crippen LogP contribution in [0.2, 0.25) is 0 Å². The number of imide groups is 2. The van der Waals surface area contributed by atoms with Crippen molar-refractivity contribution in [1.29, 1.82) is 0 Å². The van der Waals surface area contributed by atoms with Crippen LogP contribution < -0.4 is 11.1 Å². The summed E-state index contributed by atoms with van der Waals surface area (Å²) in [4.78, 5) is 59.0. The molecule has 1 aromatic rings. The number of nitrogens with two attached hydrogens (primary N) is 1. The van der Waals surface area contributed by atoms with Crippen molar-refractivity contribution < 1.29 is 39.3 Å². The number of carboxylic acids is 2. The Kier molecular flexibility index (Phi) is 5.44. The first kappa shape index (κ1) is 19.4. The quantitative estimate of drug-likeness (QED) is 0.196. The Bertz CT molecular complexity index is 859. The highest BCUT2D eigenvalue weighted by Crippen LogP contribution is 2.24. The molecule has 1 heterocycles. The van der Waals surface area contributed by atoms with Gasteiger partial charge in [-0.2, -0.15) is 0 Å². The van der Waals surface area contributed by atoms with Crippen LogP contribution in [0.3, 0.4) is 0 Å². The van der Waals surface area contributed by atoms with Crippen LogP contribution in [0.4, 0.5) is 10.5 Å². The largest absolute Gasteiger partial charge is 0.506 e. The first-order valence-electron chi connectivity index (χ1n) is 7.56. The molecule has 1 unspecified atom stereocenters. The molecule has 0 bridgehead atoms. The van der Waals surface area contributed by atoms with Crippen molar-refractivity contribution in [1.82, 2.24) is 10.2 Å². The van der Waals surface area contributed by atoms with Crippen molar-refractivity contribution in [3.05, 3.63) is 35.4 Å². The minimum Gasteiger partial charge on any atom is -0.506 e. The number of nitrogens with zero attached hydrogens (tertiary/aromatic N) is 1. The monoisotopic (exact) mass is 377 g/mol. The number of aliphatic carboxylic acids is 2. The van der Waals surface area contributed by atoms with Crippen molar-refractivity contribution in [2.75, 3.05) is 5.73 Å². The third kappa shape index (κ3) is 4.03. The van der Waals surface area contributed by atoms with E-state index in [2.05, 4.69) is 0 Å². The van der Waals surface area contributed by atoms with Gasteiger partial charge in [0.15, 0.2) is 0 Å². The van der Waals surface area contributed by atoms with E-state index in [0.717, 1.165) is 0 Å². The number of carbonyl (C=O) groups excluding carboxylic acids is 3. The number of hydrogen-bond donors (Lipinski definition) is 5. The molecule has 6 N–H and O–H groups in total. The maximum absolute atomic E-state index is 12.6. The number of barbiturate groups is 1. The average Bonchev–Trinajstić information content (AvgIpc) is 2.57. The summed E-state index contributed by atoms with van der Waals surface area (Å²) in [5.74, 6) is -6.31. The zero-order valence-electron chi connectivity index (χ0n) is 13.7. The molecule has 4 amide bonds. The van der Waals surface area contributed by atoms with E-state index >= 15 is 0 Å². The highest BCUT2D eigenvalue weighted by Gasteiger charge is 2.44. The number of aliphatic hydroxyl groups is 1. The smallest absolute Gasteiger partial charge is 0.332 e. The second-order valence-corrected chi connectivity index (χ2v) is 5.57. The fraction of sp³-hybridized carbons (Fsp3) is 0.188. The van der Waals surface area contributed by atoms with Crippen molar-refractivity contribution in [2.45, 2.75) is 18.9 Å². The van der Waals surface area contributed by atoms with Crippen LogP contribution in [-0.2, 0) is 19.2 Å². The Labute approximate surface area is 151 Å². The van der Waals surface area contributed by atoms with Gasteiger partial charge in [-0.05, 0) is 30.7 Å². The number of nitrogens with one attached hydrogen (secondary N) is 1. The molecule has 1 aliphatic rings. The van der Waals surface area contributed by atoms with Gasteiger partial charge in [-0.15, -0.1) is 0 Å². The second kappa shape index (κ2) is 7.56. The van der Waals surface area contributed by atoms with Crippen LogP contribution in [-0.4, -0.2) is 56.0 Å². The lowest BCUT2D eigenvalue weighted by Gasteiger charge is -2.31. The molecule has 1 aromatic carbocycles. The molecule has 1 atom stereocenters. The zero-order valence-corrected chi connectivity index (χ0v) is 13.7. The maximum atomic E-state index is 12.6. The van der Waals surface area contributed by atoms with Crippen molar-refractivity contribution in [3.8, 4) is 0 Å². The van der Waals surface area contributed by atoms with Crippen molar-refractivity contribution >= 4 is 41.2 Å². The minimum atomic E-state index is -1.84. The van der Waals surface area contributed by atoms with Crippen molar-refractivity contribution in [3.63, 3.8) is 0 Å². The van der Waals surface area contributed by atoms with Crippen LogP contribution in [0, 0.1) is 0 Å². The van der Waals surface area contributed by atoms with Crippen LogP contribution >= 0.6 is 0 Å². The molecule has 11 nitrogen and oxygen atoms in total. The first-order valence-corrected chi connectivity index (χ1v) is 7.56. The van der Waals surface area contributed by atoms with E-state index < -0.39 is 60.0 Å². The number of amides is 4. The van der Waals surface area contributed by atoms with E-state index in [-0.39, 0.29) is 10.5 Å². The molecule has 1 fully saturated rings. The SMILES string of the molecule is Nc1ccc(/C(O)=C2\C(=O)NC(=O)N(C(CCC(=O)O)C(=O)O)C2=O)cc1. The van der Waals surface area contributed by atoms with Gasteiger partial charge in [-0.3, -0.25) is 19.7 Å². The van der Waals surface area contributed by atoms with Gasteiger partial charge in [0, 0.05) is 17.7 Å². The predicted molar refractivity (Wildman–Crippen MR) is 89.1 cm³/mol. The third-order valence-electron chi connectivity index (χ3n) is 3.75. The van der Waals surface area contributed by atoms with Crippen LogP contribution in [0.1, 0.15) is 18.4 Å². The van der Waals surface area contributed by atoms with E-state index in [1.165, 1.54) is 24.3 Å². The van der Waals surface area contributed by atoms with E-state index in [4.69, 9.17) is 10.8 Å². The molecule has 2 rings (SSSR count). The third-order valence-corrected chi connectivity index (χ3v) is 3.75. The Morgan fingerprint density at radius 2 is 1.67 bits per heavy atom. The molecule has 0 saturated carbocycles. The van der Waals surface area contributed by atoms with Crippen LogP contribution in [0.25, 0.3) is 5.76 Å². The summed E-state index contributed by atoms with van der Waals surface area (Å²) in [6, 6.07) is 2.27. The number of urea groups is 1. The fourth-order valence-corrected chi connectivity index (χ4v) is 2.43. The van der Waals surface area contributed by atoms with Crippen LogP contribution in [0.15, 0.2) is 29.8 Å². The van der Waals surface area contributed by atoms with Crippen molar-refractivity contribution in [2.24, 2.45) is 0 Å². The fourth-order valence-electron chi connectivity index (χ4n) is 2.43. The molecule has 1 saturated heterocycles. The summed E-state index contributed by atoms with van der Waals surface area (Å²) < 4.78 is 0. The molecule has 0 radical (unpaired) electrons. The highest BCUT2D eigenvalue weighted by molar-refractivity contribution is 6.32. The summed E-state index contributed by atoms with van der Waals surface area (Å²) in [5, 5.41) is 30.1. The molecule has 142 valence electrons. The van der Waals surface area contributed by atoms with Crippen LogP contribution in [0.5, 0.6) is 0 Å². The van der Waals surface area contributed by atoms with Gasteiger partial charge < -0.3 is 21.1 Å². The highest BCUT2D eigenvalue weighted by atomic mass is 16.4. The van der Waals surface area contributed by atoms with E-state index in [1.54, 1.807) is 5.32 Å². The van der Waals surface area contributed by atoms with Gasteiger partial charge in [-0.1, -0.05) is 0 Å². The van der Waals surface area contributed by atoms with Gasteiger partial charge in [0.05, 0.1) is 0 Å². The predicted octanol–water partition coefficient (Wildman–Crippen LogP) is -0.0657. The molecular formula is C16H15N3O8. The lowest BCUT2D eigenvalue weighted by atomic mass is 10.0. The van der Waals surface area contributed by atoms with Gasteiger partial charge >= 0.3 is 18.0 Å². The Balaban J connectivity index is 2.47. The zero-order chi connectivity index (χ0) is 20.3. The number of rotatable bonds is 6. The van der Waals surface area contributed by atoms with E-state index in [1.807, 2.05) is 0 Å². The summed E-state index contributed by atoms with van der Waals surface area (Å²) >= 11 is 0. The summed E-state index contributed by atoms with van der Waals surface area (Å²) in [6.07, 6.45) is -1.21. The number of aliphatic hydroxyl groups excluding tert-OH is 1. The number of hydrogen-bond acceptors (Lipinski definition) is 7. The lowest BCUT2D eigenvalue weighted by Crippen LogP contribution is -2.60. The van der Waals surface area contributed by atoms with Gasteiger partial charge in [0.1, 0.15) is 17.4 Å². The average molecular weight is 377 g/mol. The topological polar surface area (TPSA) is 187 Å². The maximum Gasteiger partial charge on any atom is 0.332 e. The second-order valence-electron chi connectivity index (χ2n) is 5.57. The normalized spacial score (nSPS) is 17.3. The summed E-state index contributed by atoms with van der Waals surface area (Å²) in [7, 11) is 0. The first-order chi connectivity index (χ1) is 12.6. The van der Waals surface area contributed by atoms with Gasteiger partial charge in [0.2, 0.25) is 0 Å². The number of carboxylic acid groups (broad SMARTS) is 2. The number of carbonyl (C=O) groups is 5. The molecule has 0 spiro atoms. The van der Waals surface area contributed by atoms with E-state index in [0.29, 0.717) is 5.69 Å². The number of nitrogen functional groups attached to an aromatic ring is 1. The Hall–Kier alpha value is -3.89. The van der Waals surface area contributed by atoms with Gasteiger partial charge in [0.25, 0.3) is 11.8 Å². The standard InChI is InChI=1S/C16H15N3O8/c17-8-3-1-7(2-4-8)12(22)11-13(23)18-16(27)19(14(11)24)9(15(25)26)5-6-10(20)21/h1-4,9,22H,5-6,17H2,(H,20,21)(H,25,26)(H,18,23,27)/b12-11-. The van der Waals surface area contributed by atoms with E-state index in [9.17, 15) is 34.2 Å².